The Kier molecular flexibility index (Phi) is 5.06. The first-order chi connectivity index (χ1) is 9.99. The van der Waals surface area contributed by atoms with Gasteiger partial charge < -0.3 is 15.8 Å². The summed E-state index contributed by atoms with van der Waals surface area (Å²) in [4.78, 5) is 23.0. The van der Waals surface area contributed by atoms with Crippen molar-refractivity contribution in [1.82, 2.24) is 0 Å². The molecular weight excluding hydrogens is 335 g/mol. The Hall–Kier alpha value is -1.76. The normalized spacial score (nSPS) is 10.2. The van der Waals surface area contributed by atoms with E-state index in [-0.39, 0.29) is 17.9 Å². The molecule has 1 heterocycles. The third kappa shape index (κ3) is 3.87. The highest BCUT2D eigenvalue weighted by atomic mass is 35.5. The summed E-state index contributed by atoms with van der Waals surface area (Å²) < 4.78 is 5.29. The molecular formula is C13H10Cl2N2O3S. The molecule has 2 rings (SSSR count). The second-order valence-electron chi connectivity index (χ2n) is 3.92. The number of hydrogen-bond donors (Lipinski definition) is 2. The van der Waals surface area contributed by atoms with Gasteiger partial charge in [-0.2, -0.15) is 0 Å². The van der Waals surface area contributed by atoms with Gasteiger partial charge in [-0.05, 0) is 23.6 Å². The van der Waals surface area contributed by atoms with Gasteiger partial charge in [-0.1, -0.05) is 29.3 Å². The highest BCUT2D eigenvalue weighted by Crippen LogP contribution is 2.32. The maximum atomic E-state index is 11.8. The number of rotatable bonds is 5. The van der Waals surface area contributed by atoms with Crippen molar-refractivity contribution in [2.75, 3.05) is 11.9 Å². The van der Waals surface area contributed by atoms with E-state index in [0.29, 0.717) is 15.0 Å². The van der Waals surface area contributed by atoms with Gasteiger partial charge in [0.2, 0.25) is 0 Å². The summed E-state index contributed by atoms with van der Waals surface area (Å²) in [6.45, 7) is -0.292. The molecule has 0 saturated heterocycles. The van der Waals surface area contributed by atoms with Crippen LogP contribution < -0.4 is 15.8 Å². The van der Waals surface area contributed by atoms with Crippen LogP contribution in [0.4, 0.5) is 5.00 Å². The first kappa shape index (κ1) is 15.6. The van der Waals surface area contributed by atoms with E-state index in [9.17, 15) is 9.59 Å². The van der Waals surface area contributed by atoms with Crippen molar-refractivity contribution in [1.29, 1.82) is 0 Å². The fourth-order valence-electron chi connectivity index (χ4n) is 1.52. The molecule has 0 radical (unpaired) electrons. The standard InChI is InChI=1S/C13H10Cl2N2O3S/c14-8-2-1-3-9(15)11(8)20-6-10(18)17-13-7(12(16)19)4-5-21-13/h1-5H,6H2,(H2,16,19)(H,17,18). The average molecular weight is 345 g/mol. The van der Waals surface area contributed by atoms with Crippen LogP contribution in [0.1, 0.15) is 10.4 Å². The number of nitrogens with one attached hydrogen (secondary N) is 1. The highest BCUT2D eigenvalue weighted by Gasteiger charge is 2.14. The molecule has 110 valence electrons. The minimum Gasteiger partial charge on any atom is -0.481 e. The van der Waals surface area contributed by atoms with Crippen molar-refractivity contribution in [3.63, 3.8) is 0 Å². The summed E-state index contributed by atoms with van der Waals surface area (Å²) in [6, 6.07) is 6.41. The summed E-state index contributed by atoms with van der Waals surface area (Å²) >= 11 is 13.0. The van der Waals surface area contributed by atoms with E-state index in [4.69, 9.17) is 33.7 Å². The number of para-hydroxylation sites is 1. The zero-order valence-corrected chi connectivity index (χ0v) is 12.9. The molecule has 0 unspecified atom stereocenters. The number of nitrogens with two attached hydrogens (primary N) is 1. The number of thiophene rings is 1. The second kappa shape index (κ2) is 6.80. The SMILES string of the molecule is NC(=O)c1ccsc1NC(=O)COc1c(Cl)cccc1Cl. The Morgan fingerprint density at radius 3 is 2.52 bits per heavy atom. The Labute approximate surface area is 134 Å². The summed E-state index contributed by atoms with van der Waals surface area (Å²) in [5, 5.41) is 5.20. The molecule has 8 heteroatoms. The number of carbonyl (C=O) groups excluding carboxylic acids is 2. The minimum atomic E-state index is -0.610. The summed E-state index contributed by atoms with van der Waals surface area (Å²) in [5.41, 5.74) is 5.44. The predicted molar refractivity (Wildman–Crippen MR) is 83.4 cm³/mol. The van der Waals surface area contributed by atoms with E-state index < -0.39 is 11.8 Å². The van der Waals surface area contributed by atoms with E-state index in [1.54, 1.807) is 23.6 Å². The smallest absolute Gasteiger partial charge is 0.262 e. The first-order valence-electron chi connectivity index (χ1n) is 5.73. The molecule has 0 aliphatic carbocycles. The summed E-state index contributed by atoms with van der Waals surface area (Å²) in [6.07, 6.45) is 0. The molecule has 2 aromatic rings. The van der Waals surface area contributed by atoms with E-state index in [0.717, 1.165) is 0 Å². The predicted octanol–water partition coefficient (Wildman–Crippen LogP) is 3.17. The molecule has 1 aromatic carbocycles. The van der Waals surface area contributed by atoms with Crippen LogP contribution in [0.3, 0.4) is 0 Å². The van der Waals surface area contributed by atoms with Crippen molar-refractivity contribution in [3.8, 4) is 5.75 Å². The van der Waals surface area contributed by atoms with Crippen LogP contribution in [0, 0.1) is 0 Å². The quantitative estimate of drug-likeness (QED) is 0.873. The number of primary amides is 1. The molecule has 21 heavy (non-hydrogen) atoms. The Morgan fingerprint density at radius 1 is 1.24 bits per heavy atom. The van der Waals surface area contributed by atoms with Crippen LogP contribution in [-0.4, -0.2) is 18.4 Å². The van der Waals surface area contributed by atoms with Crippen molar-refractivity contribution in [2.45, 2.75) is 0 Å². The Balaban J connectivity index is 2.00. The van der Waals surface area contributed by atoms with Crippen LogP contribution in [0.5, 0.6) is 5.75 Å². The van der Waals surface area contributed by atoms with Crippen LogP contribution in [0.25, 0.3) is 0 Å². The minimum absolute atomic E-state index is 0.234. The first-order valence-corrected chi connectivity index (χ1v) is 7.36. The lowest BCUT2D eigenvalue weighted by molar-refractivity contribution is -0.118. The van der Waals surface area contributed by atoms with Crippen LogP contribution in [0.2, 0.25) is 10.0 Å². The average Bonchev–Trinajstić information content (AvgIpc) is 2.86. The summed E-state index contributed by atoms with van der Waals surface area (Å²) in [7, 11) is 0. The topological polar surface area (TPSA) is 81.4 Å². The van der Waals surface area contributed by atoms with Crippen LogP contribution >= 0.6 is 34.5 Å². The summed E-state index contributed by atoms with van der Waals surface area (Å²) in [5.74, 6) is -0.824. The molecule has 1 aromatic heterocycles. The molecule has 0 aliphatic heterocycles. The van der Waals surface area contributed by atoms with Crippen molar-refractivity contribution < 1.29 is 14.3 Å². The second-order valence-corrected chi connectivity index (χ2v) is 5.65. The van der Waals surface area contributed by atoms with Gasteiger partial charge in [-0.3, -0.25) is 9.59 Å². The number of carbonyl (C=O) groups is 2. The molecule has 0 bridgehead atoms. The molecule has 0 fully saturated rings. The Morgan fingerprint density at radius 2 is 1.90 bits per heavy atom. The van der Waals surface area contributed by atoms with E-state index in [1.165, 1.54) is 17.4 Å². The molecule has 0 atom stereocenters. The van der Waals surface area contributed by atoms with E-state index >= 15 is 0 Å². The van der Waals surface area contributed by atoms with Crippen molar-refractivity contribution in [3.05, 3.63) is 45.3 Å². The monoisotopic (exact) mass is 344 g/mol. The fraction of sp³-hybridized carbons (Fsp3) is 0.0769. The van der Waals surface area contributed by atoms with Gasteiger partial charge in [0.25, 0.3) is 11.8 Å². The maximum absolute atomic E-state index is 11.8. The van der Waals surface area contributed by atoms with Gasteiger partial charge >= 0.3 is 0 Å². The number of halogens is 2. The third-order valence-corrected chi connectivity index (χ3v) is 3.88. The lowest BCUT2D eigenvalue weighted by atomic mass is 10.3. The molecule has 5 nitrogen and oxygen atoms in total. The van der Waals surface area contributed by atoms with Gasteiger partial charge in [0.05, 0.1) is 15.6 Å². The zero-order valence-electron chi connectivity index (χ0n) is 10.6. The Bertz CT molecular complexity index is 668. The van der Waals surface area contributed by atoms with Crippen molar-refractivity contribution >= 4 is 51.4 Å². The van der Waals surface area contributed by atoms with Gasteiger partial charge in [-0.15, -0.1) is 11.3 Å². The number of ether oxygens (including phenoxy) is 1. The zero-order chi connectivity index (χ0) is 15.4. The van der Waals surface area contributed by atoms with E-state index in [2.05, 4.69) is 5.32 Å². The number of anilines is 1. The fourth-order valence-corrected chi connectivity index (χ4v) is 2.84. The molecule has 0 aliphatic rings. The van der Waals surface area contributed by atoms with Crippen molar-refractivity contribution in [2.24, 2.45) is 5.73 Å². The number of benzene rings is 1. The largest absolute Gasteiger partial charge is 0.481 e. The highest BCUT2D eigenvalue weighted by molar-refractivity contribution is 7.14. The third-order valence-electron chi connectivity index (χ3n) is 2.45. The molecule has 0 spiro atoms. The van der Waals surface area contributed by atoms with Gasteiger partial charge in [0, 0.05) is 0 Å². The van der Waals surface area contributed by atoms with Crippen LogP contribution in [-0.2, 0) is 4.79 Å². The van der Waals surface area contributed by atoms with E-state index in [1.807, 2.05) is 0 Å². The number of hydrogen-bond acceptors (Lipinski definition) is 4. The maximum Gasteiger partial charge on any atom is 0.262 e. The lowest BCUT2D eigenvalue weighted by Gasteiger charge is -2.09. The molecule has 2 amide bonds. The van der Waals surface area contributed by atoms with Gasteiger partial charge in [-0.25, -0.2) is 0 Å². The number of amides is 2. The van der Waals surface area contributed by atoms with Gasteiger partial charge in [0.1, 0.15) is 5.00 Å². The molecule has 0 saturated carbocycles. The lowest BCUT2D eigenvalue weighted by Crippen LogP contribution is -2.22. The van der Waals surface area contributed by atoms with Gasteiger partial charge in [0.15, 0.2) is 12.4 Å². The van der Waals surface area contributed by atoms with Crippen LogP contribution in [0.15, 0.2) is 29.6 Å². The molecule has 3 N–H and O–H groups in total.